The third-order valence-corrected chi connectivity index (χ3v) is 6.94. The van der Waals surface area contributed by atoms with Gasteiger partial charge in [0.1, 0.15) is 22.9 Å². The van der Waals surface area contributed by atoms with Gasteiger partial charge in [0.2, 0.25) is 0 Å². The van der Waals surface area contributed by atoms with Gasteiger partial charge < -0.3 is 14.8 Å². The largest absolute Gasteiger partial charge is 0.384 e. The molecule has 0 radical (unpaired) electrons. The number of ether oxygens (including phenoxy) is 1. The number of nitrogens with one attached hydrogen (secondary N) is 1. The van der Waals surface area contributed by atoms with Crippen molar-refractivity contribution in [2.75, 3.05) is 26.3 Å². The average molecular weight is 431 g/mol. The van der Waals surface area contributed by atoms with E-state index in [1.807, 2.05) is 13.8 Å². The summed E-state index contributed by atoms with van der Waals surface area (Å²) in [7, 11) is 0. The number of aromatic nitrogens is 2. The topological polar surface area (TPSA) is 61.4 Å². The highest BCUT2D eigenvalue weighted by molar-refractivity contribution is 5.93. The van der Waals surface area contributed by atoms with Crippen LogP contribution in [-0.2, 0) is 10.3 Å². The highest BCUT2D eigenvalue weighted by Crippen LogP contribution is 2.45. The van der Waals surface area contributed by atoms with Gasteiger partial charge in [0.05, 0.1) is 30.2 Å². The van der Waals surface area contributed by atoms with Crippen LogP contribution in [0.1, 0.15) is 19.4 Å². The number of pyridine rings is 1. The summed E-state index contributed by atoms with van der Waals surface area (Å²) in [6.07, 6.45) is 2.62. The molecule has 0 spiro atoms. The fourth-order valence-corrected chi connectivity index (χ4v) is 5.14. The van der Waals surface area contributed by atoms with Crippen molar-refractivity contribution in [1.82, 2.24) is 14.9 Å². The maximum Gasteiger partial charge on any atom is 0.150 e. The number of aliphatic hydroxyl groups is 1. The summed E-state index contributed by atoms with van der Waals surface area (Å²) in [6.45, 7) is 5.97. The van der Waals surface area contributed by atoms with Crippen LogP contribution in [0.25, 0.3) is 22.2 Å². The summed E-state index contributed by atoms with van der Waals surface area (Å²) in [4.78, 5) is 8.98. The number of aromatic amines is 1. The van der Waals surface area contributed by atoms with Gasteiger partial charge in [0.25, 0.3) is 0 Å². The molecule has 8 heteroatoms. The van der Waals surface area contributed by atoms with E-state index in [1.165, 1.54) is 24.4 Å². The van der Waals surface area contributed by atoms with Crippen LogP contribution in [-0.4, -0.2) is 52.3 Å². The molecule has 164 valence electrons. The fourth-order valence-electron chi connectivity index (χ4n) is 5.14. The molecule has 0 aliphatic carbocycles. The van der Waals surface area contributed by atoms with Crippen molar-refractivity contribution in [1.29, 1.82) is 0 Å². The van der Waals surface area contributed by atoms with Gasteiger partial charge in [-0.2, -0.15) is 0 Å². The first-order chi connectivity index (χ1) is 14.8. The molecule has 5 nitrogen and oxygen atoms in total. The number of halogens is 3. The average Bonchev–Trinajstić information content (AvgIpc) is 3.05. The highest BCUT2D eigenvalue weighted by Gasteiger charge is 2.50. The molecule has 1 unspecified atom stereocenters. The molecule has 31 heavy (non-hydrogen) atoms. The molecule has 3 atom stereocenters. The number of nitrogens with zero attached hydrogens (tertiary/aromatic N) is 2. The molecule has 2 saturated heterocycles. The van der Waals surface area contributed by atoms with Crippen LogP contribution in [0, 0.1) is 29.3 Å². The first-order valence-electron chi connectivity index (χ1n) is 10.5. The predicted octanol–water partition coefficient (Wildman–Crippen LogP) is 3.82. The highest BCUT2D eigenvalue weighted by atomic mass is 19.1. The Balaban J connectivity index is 1.56. The number of fused-ring (bicyclic) bond motifs is 1. The Bertz CT molecular complexity index is 1110. The summed E-state index contributed by atoms with van der Waals surface area (Å²) >= 11 is 0. The van der Waals surface area contributed by atoms with Crippen LogP contribution < -0.4 is 0 Å². The van der Waals surface area contributed by atoms with Crippen molar-refractivity contribution >= 4 is 11.0 Å². The molecular formula is C23H24F3N3O2. The van der Waals surface area contributed by atoms with E-state index in [1.54, 1.807) is 0 Å². The van der Waals surface area contributed by atoms with E-state index in [-0.39, 0.29) is 34.4 Å². The van der Waals surface area contributed by atoms with Gasteiger partial charge in [-0.05, 0) is 29.3 Å². The Kier molecular flexibility index (Phi) is 4.84. The summed E-state index contributed by atoms with van der Waals surface area (Å²) in [6, 6.07) is 4.15. The molecule has 4 heterocycles. The molecule has 0 bridgehead atoms. The van der Waals surface area contributed by atoms with E-state index < -0.39 is 23.1 Å². The van der Waals surface area contributed by atoms with Crippen molar-refractivity contribution in [3.8, 4) is 11.1 Å². The Hall–Kier alpha value is -2.42. The van der Waals surface area contributed by atoms with Gasteiger partial charge in [-0.3, -0.25) is 4.90 Å². The van der Waals surface area contributed by atoms with E-state index in [2.05, 4.69) is 14.9 Å². The Labute approximate surface area is 177 Å². The molecule has 5 rings (SSSR count). The van der Waals surface area contributed by atoms with Gasteiger partial charge in [-0.15, -0.1) is 0 Å². The lowest BCUT2D eigenvalue weighted by Gasteiger charge is -2.51. The monoisotopic (exact) mass is 431 g/mol. The number of piperidine rings is 1. The van der Waals surface area contributed by atoms with Crippen molar-refractivity contribution in [3.63, 3.8) is 0 Å². The number of hydrogen-bond donors (Lipinski definition) is 2. The van der Waals surface area contributed by atoms with Gasteiger partial charge in [-0.1, -0.05) is 13.8 Å². The van der Waals surface area contributed by atoms with Crippen LogP contribution in [0.5, 0.6) is 0 Å². The number of likely N-dealkylation sites (tertiary alicyclic amines) is 1. The van der Waals surface area contributed by atoms with Crippen LogP contribution in [0.4, 0.5) is 13.2 Å². The predicted molar refractivity (Wildman–Crippen MR) is 110 cm³/mol. The second kappa shape index (κ2) is 7.32. The molecular weight excluding hydrogens is 407 g/mol. The zero-order chi connectivity index (χ0) is 21.9. The smallest absolute Gasteiger partial charge is 0.150 e. The molecule has 2 N–H and O–H groups in total. The van der Waals surface area contributed by atoms with Crippen LogP contribution >= 0.6 is 0 Å². The SMILES string of the molecule is C[C@@H]1CN(C2COC2)C[C@H](C)C1(O)c1c(F)cc(-c2ccnc3[nH]cc(F)c23)cc1F. The Morgan fingerprint density at radius 3 is 2.32 bits per heavy atom. The zero-order valence-corrected chi connectivity index (χ0v) is 17.3. The molecule has 2 fully saturated rings. The standard InChI is InChI=1S/C23H24F3N3O2/c1-12-8-29(15-10-31-11-15)9-13(2)23(12,30)21-17(24)5-14(6-18(21)25)16-3-4-27-22-20(16)19(26)7-28-22/h3-7,12-13,15,30H,8-11H2,1-2H3,(H,27,28)/t12-,13+,23?. The summed E-state index contributed by atoms with van der Waals surface area (Å²) in [5.74, 6) is -2.99. The van der Waals surface area contributed by atoms with E-state index in [0.29, 0.717) is 37.5 Å². The number of H-pyrrole nitrogens is 1. The van der Waals surface area contributed by atoms with Crippen molar-refractivity contribution in [3.05, 3.63) is 53.6 Å². The number of rotatable bonds is 3. The van der Waals surface area contributed by atoms with E-state index >= 15 is 8.78 Å². The molecule has 0 saturated carbocycles. The van der Waals surface area contributed by atoms with Crippen LogP contribution in [0.15, 0.2) is 30.6 Å². The second-order valence-corrected chi connectivity index (χ2v) is 8.81. The lowest BCUT2D eigenvalue weighted by atomic mass is 9.70. The second-order valence-electron chi connectivity index (χ2n) is 8.81. The summed E-state index contributed by atoms with van der Waals surface area (Å²) in [5.41, 5.74) is -1.15. The molecule has 2 aliphatic heterocycles. The maximum absolute atomic E-state index is 15.4. The van der Waals surface area contributed by atoms with E-state index in [4.69, 9.17) is 4.74 Å². The van der Waals surface area contributed by atoms with Crippen LogP contribution in [0.2, 0.25) is 0 Å². The minimum atomic E-state index is -1.65. The van der Waals surface area contributed by atoms with Gasteiger partial charge in [0, 0.05) is 37.3 Å². The lowest BCUT2D eigenvalue weighted by molar-refractivity contribution is -0.153. The third kappa shape index (κ3) is 3.08. The number of benzene rings is 1. The summed E-state index contributed by atoms with van der Waals surface area (Å²) in [5, 5.41) is 11.7. The zero-order valence-electron chi connectivity index (χ0n) is 17.3. The fraction of sp³-hybridized carbons (Fsp3) is 0.435. The lowest BCUT2D eigenvalue weighted by Crippen LogP contribution is -2.61. The van der Waals surface area contributed by atoms with Crippen LogP contribution in [0.3, 0.4) is 0 Å². The minimum Gasteiger partial charge on any atom is -0.384 e. The van der Waals surface area contributed by atoms with Gasteiger partial charge in [0.15, 0.2) is 5.82 Å². The first kappa shape index (κ1) is 20.5. The Morgan fingerprint density at radius 2 is 1.74 bits per heavy atom. The quantitative estimate of drug-likeness (QED) is 0.662. The minimum absolute atomic E-state index is 0.172. The number of hydrogen-bond acceptors (Lipinski definition) is 4. The molecule has 1 aromatic carbocycles. The van der Waals surface area contributed by atoms with Crippen molar-refractivity contribution in [2.45, 2.75) is 25.5 Å². The summed E-state index contributed by atoms with van der Waals surface area (Å²) < 4.78 is 50.3. The van der Waals surface area contributed by atoms with E-state index in [0.717, 1.165) is 6.20 Å². The van der Waals surface area contributed by atoms with Gasteiger partial charge >= 0.3 is 0 Å². The Morgan fingerprint density at radius 1 is 1.10 bits per heavy atom. The molecule has 3 aromatic rings. The molecule has 0 amide bonds. The maximum atomic E-state index is 15.4. The molecule has 2 aromatic heterocycles. The van der Waals surface area contributed by atoms with Gasteiger partial charge in [-0.25, -0.2) is 18.2 Å². The first-order valence-corrected chi connectivity index (χ1v) is 10.5. The normalized spacial score (nSPS) is 27.5. The third-order valence-electron chi connectivity index (χ3n) is 6.94. The molecule has 2 aliphatic rings. The van der Waals surface area contributed by atoms with E-state index in [9.17, 15) is 9.50 Å². The van der Waals surface area contributed by atoms with Crippen molar-refractivity contribution in [2.24, 2.45) is 11.8 Å². The van der Waals surface area contributed by atoms with Crippen molar-refractivity contribution < 1.29 is 23.0 Å².